The SMILES string of the molecule is FC(F)c1cccn2nc(C3c4[nH]cnc4CCN3c3nnc(-c4ccccn4)o3)cc12. The van der Waals surface area contributed by atoms with Gasteiger partial charge in [0.05, 0.1) is 28.9 Å². The molecule has 0 saturated carbocycles. The highest BCUT2D eigenvalue weighted by Gasteiger charge is 2.36. The van der Waals surface area contributed by atoms with Gasteiger partial charge in [-0.3, -0.25) is 4.98 Å². The average molecular weight is 434 g/mol. The minimum Gasteiger partial charge on any atom is -0.402 e. The van der Waals surface area contributed by atoms with E-state index in [1.807, 2.05) is 11.0 Å². The molecular formula is C21H16F2N8O. The summed E-state index contributed by atoms with van der Waals surface area (Å²) < 4.78 is 34.5. The zero-order valence-electron chi connectivity index (χ0n) is 16.6. The van der Waals surface area contributed by atoms with Gasteiger partial charge >= 0.3 is 6.01 Å². The molecule has 5 aromatic rings. The van der Waals surface area contributed by atoms with Crippen LogP contribution in [0.4, 0.5) is 14.8 Å². The van der Waals surface area contributed by atoms with Crippen LogP contribution >= 0.6 is 0 Å². The number of aromatic amines is 1. The molecule has 0 bridgehead atoms. The summed E-state index contributed by atoms with van der Waals surface area (Å²) in [6.07, 6.45) is 2.97. The minimum absolute atomic E-state index is 0.0753. The van der Waals surface area contributed by atoms with E-state index in [4.69, 9.17) is 4.42 Å². The molecule has 1 aliphatic heterocycles. The van der Waals surface area contributed by atoms with Crippen molar-refractivity contribution >= 4 is 11.5 Å². The standard InChI is InChI=1S/C21H16F2N8O/c22-19(23)12-4-3-8-31-16(12)10-15(29-31)18-17-13(25-11-26-17)6-9-30(18)21-28-27-20(32-21)14-5-1-2-7-24-14/h1-5,7-8,10-11,18-19H,6,9H2,(H,25,26). The molecule has 0 spiro atoms. The van der Waals surface area contributed by atoms with Gasteiger partial charge in [0.2, 0.25) is 0 Å². The number of anilines is 1. The molecule has 0 aliphatic carbocycles. The Kier molecular flexibility index (Phi) is 4.20. The number of imidazole rings is 1. The molecule has 1 N–H and O–H groups in total. The Bertz CT molecular complexity index is 1390. The maximum atomic E-state index is 13.5. The summed E-state index contributed by atoms with van der Waals surface area (Å²) in [5.74, 6) is 0.296. The summed E-state index contributed by atoms with van der Waals surface area (Å²) in [6.45, 7) is 0.544. The highest BCUT2D eigenvalue weighted by atomic mass is 19.3. The van der Waals surface area contributed by atoms with Gasteiger partial charge in [0.1, 0.15) is 11.7 Å². The van der Waals surface area contributed by atoms with Gasteiger partial charge in [-0.2, -0.15) is 5.10 Å². The number of pyridine rings is 2. The predicted octanol–water partition coefficient (Wildman–Crippen LogP) is 3.59. The number of hydrogen-bond acceptors (Lipinski definition) is 7. The summed E-state index contributed by atoms with van der Waals surface area (Å²) in [4.78, 5) is 13.7. The van der Waals surface area contributed by atoms with Crippen LogP contribution in [-0.2, 0) is 6.42 Å². The first-order chi connectivity index (χ1) is 15.7. The van der Waals surface area contributed by atoms with Crippen LogP contribution in [-0.4, -0.2) is 41.3 Å². The van der Waals surface area contributed by atoms with Crippen LogP contribution in [0.25, 0.3) is 17.1 Å². The van der Waals surface area contributed by atoms with Crippen molar-refractivity contribution in [1.82, 2.24) is 34.8 Å². The third-order valence-corrected chi connectivity index (χ3v) is 5.54. The minimum atomic E-state index is -2.61. The van der Waals surface area contributed by atoms with Crippen molar-refractivity contribution in [3.8, 4) is 11.6 Å². The molecule has 0 amide bonds. The van der Waals surface area contributed by atoms with E-state index in [1.54, 1.807) is 43.0 Å². The Morgan fingerprint density at radius 3 is 2.91 bits per heavy atom. The first kappa shape index (κ1) is 18.6. The van der Waals surface area contributed by atoms with Gasteiger partial charge in [-0.05, 0) is 30.3 Å². The molecule has 0 aromatic carbocycles. The highest BCUT2D eigenvalue weighted by Crippen LogP contribution is 2.37. The van der Waals surface area contributed by atoms with Crippen molar-refractivity contribution in [2.75, 3.05) is 11.4 Å². The lowest BCUT2D eigenvalue weighted by Crippen LogP contribution is -2.36. The molecule has 5 aromatic heterocycles. The van der Waals surface area contributed by atoms with Crippen molar-refractivity contribution in [3.63, 3.8) is 0 Å². The van der Waals surface area contributed by atoms with Gasteiger partial charge in [-0.1, -0.05) is 11.2 Å². The van der Waals surface area contributed by atoms with Crippen molar-refractivity contribution in [3.05, 3.63) is 77.8 Å². The molecule has 0 fully saturated rings. The second kappa shape index (κ2) is 7.22. The van der Waals surface area contributed by atoms with Crippen LogP contribution in [0.3, 0.4) is 0 Å². The fourth-order valence-corrected chi connectivity index (χ4v) is 4.09. The Hall–Kier alpha value is -4.15. The third kappa shape index (κ3) is 2.93. The molecule has 11 heteroatoms. The molecular weight excluding hydrogens is 418 g/mol. The monoisotopic (exact) mass is 434 g/mol. The molecule has 1 atom stereocenters. The molecule has 160 valence electrons. The van der Waals surface area contributed by atoms with Crippen LogP contribution in [0, 0.1) is 0 Å². The molecule has 0 saturated heterocycles. The molecule has 6 rings (SSSR count). The van der Waals surface area contributed by atoms with Gasteiger partial charge in [0, 0.05) is 30.9 Å². The van der Waals surface area contributed by atoms with E-state index in [0.717, 1.165) is 11.4 Å². The summed E-state index contributed by atoms with van der Waals surface area (Å²) >= 11 is 0. The number of halogens is 2. The van der Waals surface area contributed by atoms with Crippen molar-refractivity contribution in [2.45, 2.75) is 18.9 Å². The van der Waals surface area contributed by atoms with Crippen molar-refractivity contribution < 1.29 is 13.2 Å². The zero-order chi connectivity index (χ0) is 21.7. The van der Waals surface area contributed by atoms with E-state index in [2.05, 4.69) is 30.2 Å². The third-order valence-electron chi connectivity index (χ3n) is 5.54. The smallest absolute Gasteiger partial charge is 0.319 e. The fraction of sp³-hybridized carbons (Fsp3) is 0.190. The first-order valence-electron chi connectivity index (χ1n) is 9.99. The highest BCUT2D eigenvalue weighted by molar-refractivity contribution is 5.58. The van der Waals surface area contributed by atoms with Gasteiger partial charge in [-0.15, -0.1) is 5.10 Å². The number of nitrogens with one attached hydrogen (secondary N) is 1. The second-order valence-corrected chi connectivity index (χ2v) is 7.38. The molecule has 32 heavy (non-hydrogen) atoms. The number of alkyl halides is 2. The average Bonchev–Trinajstić information content (AvgIpc) is 3.57. The van der Waals surface area contributed by atoms with Crippen LogP contribution < -0.4 is 4.90 Å². The van der Waals surface area contributed by atoms with Crippen LogP contribution in [0.1, 0.15) is 35.1 Å². The Labute approximate surface area is 179 Å². The first-order valence-corrected chi connectivity index (χ1v) is 9.99. The number of fused-ring (bicyclic) bond motifs is 2. The van der Waals surface area contributed by atoms with E-state index in [-0.39, 0.29) is 5.56 Å². The lowest BCUT2D eigenvalue weighted by atomic mass is 10.00. The maximum Gasteiger partial charge on any atom is 0.319 e. The zero-order valence-corrected chi connectivity index (χ0v) is 16.6. The lowest BCUT2D eigenvalue weighted by molar-refractivity contribution is 0.152. The van der Waals surface area contributed by atoms with E-state index in [0.29, 0.717) is 41.8 Å². The number of aromatic nitrogens is 7. The number of H-pyrrole nitrogens is 1. The largest absolute Gasteiger partial charge is 0.402 e. The number of nitrogens with zero attached hydrogens (tertiary/aromatic N) is 7. The summed E-state index contributed by atoms with van der Waals surface area (Å²) in [5.41, 5.74) is 3.12. The van der Waals surface area contributed by atoms with E-state index in [1.165, 1.54) is 10.6 Å². The van der Waals surface area contributed by atoms with Crippen LogP contribution in [0.2, 0.25) is 0 Å². The number of rotatable bonds is 4. The normalized spacial score (nSPS) is 16.1. The molecule has 0 radical (unpaired) electrons. The second-order valence-electron chi connectivity index (χ2n) is 7.38. The van der Waals surface area contributed by atoms with Gasteiger partial charge in [0.15, 0.2) is 0 Å². The summed E-state index contributed by atoms with van der Waals surface area (Å²) in [5, 5.41) is 13.0. The maximum absolute atomic E-state index is 13.5. The van der Waals surface area contributed by atoms with Crippen molar-refractivity contribution in [2.24, 2.45) is 0 Å². The Morgan fingerprint density at radius 2 is 2.06 bits per heavy atom. The molecule has 1 unspecified atom stereocenters. The predicted molar refractivity (Wildman–Crippen MR) is 109 cm³/mol. The van der Waals surface area contributed by atoms with Gasteiger partial charge < -0.3 is 14.3 Å². The van der Waals surface area contributed by atoms with Gasteiger partial charge in [0.25, 0.3) is 12.3 Å². The van der Waals surface area contributed by atoms with Crippen LogP contribution in [0.15, 0.2) is 59.5 Å². The Balaban J connectivity index is 1.46. The lowest BCUT2D eigenvalue weighted by Gasteiger charge is -2.32. The van der Waals surface area contributed by atoms with E-state index >= 15 is 0 Å². The number of hydrogen-bond donors (Lipinski definition) is 1. The quantitative estimate of drug-likeness (QED) is 0.461. The molecule has 9 nitrogen and oxygen atoms in total. The van der Waals surface area contributed by atoms with Gasteiger partial charge in [-0.25, -0.2) is 18.3 Å². The topological polar surface area (TPSA) is 101 Å². The molecule has 6 heterocycles. The Morgan fingerprint density at radius 1 is 1.12 bits per heavy atom. The molecule has 1 aliphatic rings. The summed E-state index contributed by atoms with van der Waals surface area (Å²) in [6, 6.07) is 9.90. The van der Waals surface area contributed by atoms with Crippen LogP contribution in [0.5, 0.6) is 0 Å². The van der Waals surface area contributed by atoms with E-state index in [9.17, 15) is 8.78 Å². The summed E-state index contributed by atoms with van der Waals surface area (Å²) in [7, 11) is 0. The fourth-order valence-electron chi connectivity index (χ4n) is 4.09. The van der Waals surface area contributed by atoms with E-state index < -0.39 is 12.5 Å². The van der Waals surface area contributed by atoms with Crippen molar-refractivity contribution in [1.29, 1.82) is 0 Å².